The fourth-order valence-corrected chi connectivity index (χ4v) is 1.98. The molecule has 0 heterocycles. The van der Waals surface area contributed by atoms with Crippen molar-refractivity contribution in [2.45, 2.75) is 0 Å². The minimum absolute atomic E-state index is 0.0746. The van der Waals surface area contributed by atoms with E-state index in [1.807, 2.05) is 0 Å². The monoisotopic (exact) mass is 286 g/mol. The molecule has 2 rings (SSSR count). The molecular weight excluding hydrogens is 281 g/mol. The van der Waals surface area contributed by atoms with E-state index in [4.69, 9.17) is 23.2 Å². The minimum atomic E-state index is -0.799. The van der Waals surface area contributed by atoms with Crippen LogP contribution >= 0.6 is 23.2 Å². The molecule has 0 amide bonds. The van der Waals surface area contributed by atoms with Crippen LogP contribution < -0.4 is 0 Å². The average molecular weight is 287 g/mol. The topological polar surface area (TPSA) is 17.1 Å². The van der Waals surface area contributed by atoms with E-state index in [1.54, 1.807) is 0 Å². The van der Waals surface area contributed by atoms with Crippen LogP contribution in [0.2, 0.25) is 10.0 Å². The Labute approximate surface area is 112 Å². The molecule has 0 aliphatic carbocycles. The SMILES string of the molecule is O=C(c1cc(F)ccc1F)c1ccc(Cl)cc1Cl. The Bertz CT molecular complexity index is 626. The van der Waals surface area contributed by atoms with E-state index < -0.39 is 17.4 Å². The summed E-state index contributed by atoms with van der Waals surface area (Å²) >= 11 is 11.5. The number of carbonyl (C=O) groups is 1. The Morgan fingerprint density at radius 3 is 2.33 bits per heavy atom. The Hall–Kier alpha value is -1.45. The number of halogens is 4. The second kappa shape index (κ2) is 5.04. The summed E-state index contributed by atoms with van der Waals surface area (Å²) in [6, 6.07) is 6.87. The number of benzene rings is 2. The Morgan fingerprint density at radius 1 is 0.944 bits per heavy atom. The molecule has 1 nitrogen and oxygen atoms in total. The van der Waals surface area contributed by atoms with Gasteiger partial charge in [0.25, 0.3) is 0 Å². The number of ketones is 1. The van der Waals surface area contributed by atoms with Gasteiger partial charge in [0, 0.05) is 10.6 Å². The first kappa shape index (κ1) is 13.0. The lowest BCUT2D eigenvalue weighted by molar-refractivity contribution is 0.103. The number of hydrogen-bond acceptors (Lipinski definition) is 1. The maximum Gasteiger partial charge on any atom is 0.197 e. The van der Waals surface area contributed by atoms with Crippen LogP contribution in [0.5, 0.6) is 0 Å². The van der Waals surface area contributed by atoms with Crippen LogP contribution in [0.3, 0.4) is 0 Å². The second-order valence-corrected chi connectivity index (χ2v) is 4.42. The quantitative estimate of drug-likeness (QED) is 0.743. The minimum Gasteiger partial charge on any atom is -0.288 e. The summed E-state index contributed by atoms with van der Waals surface area (Å²) in [7, 11) is 0. The smallest absolute Gasteiger partial charge is 0.197 e. The number of carbonyl (C=O) groups excluding carboxylic acids is 1. The van der Waals surface area contributed by atoms with Crippen molar-refractivity contribution in [3.8, 4) is 0 Å². The Kier molecular flexibility index (Phi) is 3.64. The lowest BCUT2D eigenvalue weighted by Crippen LogP contribution is -2.05. The van der Waals surface area contributed by atoms with Gasteiger partial charge < -0.3 is 0 Å². The number of hydrogen-bond donors (Lipinski definition) is 0. The molecule has 0 spiro atoms. The standard InChI is InChI=1S/C13H6Cl2F2O/c14-7-1-3-9(11(15)5-7)13(18)10-6-8(16)2-4-12(10)17/h1-6H. The van der Waals surface area contributed by atoms with Gasteiger partial charge in [-0.1, -0.05) is 23.2 Å². The zero-order valence-corrected chi connectivity index (χ0v) is 10.4. The van der Waals surface area contributed by atoms with Crippen molar-refractivity contribution in [2.24, 2.45) is 0 Å². The van der Waals surface area contributed by atoms with Crippen molar-refractivity contribution in [1.82, 2.24) is 0 Å². The average Bonchev–Trinajstić information content (AvgIpc) is 2.31. The largest absolute Gasteiger partial charge is 0.288 e. The summed E-state index contributed by atoms with van der Waals surface area (Å²) < 4.78 is 26.5. The normalized spacial score (nSPS) is 10.4. The van der Waals surface area contributed by atoms with Gasteiger partial charge in [-0.3, -0.25) is 4.79 Å². The zero-order chi connectivity index (χ0) is 13.3. The predicted molar refractivity (Wildman–Crippen MR) is 66.3 cm³/mol. The van der Waals surface area contributed by atoms with Gasteiger partial charge in [-0.25, -0.2) is 8.78 Å². The van der Waals surface area contributed by atoms with E-state index in [-0.39, 0.29) is 16.1 Å². The van der Waals surface area contributed by atoms with E-state index in [1.165, 1.54) is 18.2 Å². The molecule has 0 unspecified atom stereocenters. The van der Waals surface area contributed by atoms with Gasteiger partial charge in [-0.05, 0) is 36.4 Å². The van der Waals surface area contributed by atoms with Crippen LogP contribution in [0.25, 0.3) is 0 Å². The van der Waals surface area contributed by atoms with Gasteiger partial charge >= 0.3 is 0 Å². The van der Waals surface area contributed by atoms with Crippen LogP contribution in [-0.4, -0.2) is 5.78 Å². The summed E-state index contributed by atoms with van der Waals surface area (Å²) in [5, 5.41) is 0.451. The fourth-order valence-electron chi connectivity index (χ4n) is 1.49. The van der Waals surface area contributed by atoms with Crippen molar-refractivity contribution in [3.05, 3.63) is 69.2 Å². The molecule has 0 atom stereocenters. The van der Waals surface area contributed by atoms with Gasteiger partial charge in [0.1, 0.15) is 11.6 Å². The molecule has 0 radical (unpaired) electrons. The maximum absolute atomic E-state index is 13.5. The highest BCUT2D eigenvalue weighted by molar-refractivity contribution is 6.37. The molecule has 0 aromatic heterocycles. The molecule has 18 heavy (non-hydrogen) atoms. The van der Waals surface area contributed by atoms with Crippen molar-refractivity contribution >= 4 is 29.0 Å². The van der Waals surface area contributed by atoms with Gasteiger partial charge in [0.2, 0.25) is 0 Å². The molecule has 0 aliphatic heterocycles. The first-order chi connectivity index (χ1) is 8.49. The molecule has 0 saturated carbocycles. The summed E-state index contributed by atoms with van der Waals surface area (Å²) in [5.74, 6) is -2.18. The predicted octanol–water partition coefficient (Wildman–Crippen LogP) is 4.50. The molecule has 5 heteroatoms. The van der Waals surface area contributed by atoms with Crippen molar-refractivity contribution in [3.63, 3.8) is 0 Å². The van der Waals surface area contributed by atoms with Gasteiger partial charge in [-0.15, -0.1) is 0 Å². The van der Waals surface area contributed by atoms with Crippen molar-refractivity contribution in [2.75, 3.05) is 0 Å². The first-order valence-corrected chi connectivity index (χ1v) is 5.69. The summed E-state index contributed by atoms with van der Waals surface area (Å²) in [5.41, 5.74) is -0.287. The third-order valence-corrected chi connectivity index (χ3v) is 2.90. The van der Waals surface area contributed by atoms with Crippen LogP contribution in [0.1, 0.15) is 15.9 Å². The molecular formula is C13H6Cl2F2O. The highest BCUT2D eigenvalue weighted by Gasteiger charge is 2.17. The number of rotatable bonds is 2. The first-order valence-electron chi connectivity index (χ1n) is 4.94. The van der Waals surface area contributed by atoms with Crippen LogP contribution in [-0.2, 0) is 0 Å². The van der Waals surface area contributed by atoms with E-state index in [2.05, 4.69) is 0 Å². The third-order valence-electron chi connectivity index (χ3n) is 2.35. The van der Waals surface area contributed by atoms with Crippen LogP contribution in [0.4, 0.5) is 8.78 Å². The molecule has 0 bridgehead atoms. The fraction of sp³-hybridized carbons (Fsp3) is 0. The van der Waals surface area contributed by atoms with E-state index >= 15 is 0 Å². The molecule has 0 aliphatic rings. The molecule has 92 valence electrons. The highest BCUT2D eigenvalue weighted by Crippen LogP contribution is 2.24. The molecule has 0 N–H and O–H groups in total. The van der Waals surface area contributed by atoms with E-state index in [0.29, 0.717) is 5.02 Å². The molecule has 2 aromatic carbocycles. The van der Waals surface area contributed by atoms with E-state index in [9.17, 15) is 13.6 Å². The molecule has 2 aromatic rings. The van der Waals surface area contributed by atoms with Crippen molar-refractivity contribution < 1.29 is 13.6 Å². The van der Waals surface area contributed by atoms with Crippen molar-refractivity contribution in [1.29, 1.82) is 0 Å². The van der Waals surface area contributed by atoms with Crippen LogP contribution in [0.15, 0.2) is 36.4 Å². The lowest BCUT2D eigenvalue weighted by atomic mass is 10.0. The van der Waals surface area contributed by atoms with Gasteiger partial charge in [-0.2, -0.15) is 0 Å². The van der Waals surface area contributed by atoms with Gasteiger partial charge in [0.15, 0.2) is 5.78 Å². The Balaban J connectivity index is 2.51. The van der Waals surface area contributed by atoms with Gasteiger partial charge in [0.05, 0.1) is 10.6 Å². The molecule has 0 fully saturated rings. The summed E-state index contributed by atoms with van der Waals surface area (Å²) in [4.78, 5) is 12.0. The zero-order valence-electron chi connectivity index (χ0n) is 8.88. The van der Waals surface area contributed by atoms with E-state index in [0.717, 1.165) is 18.2 Å². The Morgan fingerprint density at radius 2 is 1.67 bits per heavy atom. The van der Waals surface area contributed by atoms with Crippen LogP contribution in [0, 0.1) is 11.6 Å². The second-order valence-electron chi connectivity index (χ2n) is 3.58. The maximum atomic E-state index is 13.5. The summed E-state index contributed by atoms with van der Waals surface area (Å²) in [6.07, 6.45) is 0. The summed E-state index contributed by atoms with van der Waals surface area (Å²) in [6.45, 7) is 0. The third kappa shape index (κ3) is 2.52. The highest BCUT2D eigenvalue weighted by atomic mass is 35.5. The lowest BCUT2D eigenvalue weighted by Gasteiger charge is -2.05. The molecule has 0 saturated heterocycles.